The molecule has 3 heteroatoms. The second-order valence-electron chi connectivity index (χ2n) is 6.27. The van der Waals surface area contributed by atoms with Gasteiger partial charge < -0.3 is 5.73 Å². The van der Waals surface area contributed by atoms with Gasteiger partial charge in [-0.2, -0.15) is 0 Å². The Balaban J connectivity index is 2.91. The van der Waals surface area contributed by atoms with E-state index in [4.69, 9.17) is 5.73 Å². The minimum absolute atomic E-state index is 0.329. The summed E-state index contributed by atoms with van der Waals surface area (Å²) >= 11 is 1.78. The molecule has 0 saturated heterocycles. The largest absolute Gasteiger partial charge is 0.329 e. The molecule has 0 heterocycles. The van der Waals surface area contributed by atoms with E-state index >= 15 is 0 Å². The van der Waals surface area contributed by atoms with Crippen LogP contribution < -0.4 is 5.73 Å². The number of hydrogen-bond donors (Lipinski definition) is 1. The molecule has 1 aromatic carbocycles. The first-order valence-electron chi connectivity index (χ1n) is 7.56. The van der Waals surface area contributed by atoms with Gasteiger partial charge in [-0.15, -0.1) is 11.8 Å². The molecule has 2 N–H and O–H groups in total. The van der Waals surface area contributed by atoms with Crippen molar-refractivity contribution in [2.45, 2.75) is 38.6 Å². The fraction of sp³-hybridized carbons (Fsp3) is 0.647. The molecule has 0 fully saturated rings. The molecule has 0 aromatic heterocycles. The van der Waals surface area contributed by atoms with Crippen LogP contribution in [-0.2, 0) is 0 Å². The lowest BCUT2D eigenvalue weighted by molar-refractivity contribution is 0.160. The molecule has 114 valence electrons. The Kier molecular flexibility index (Phi) is 7.63. The number of rotatable bonds is 8. The van der Waals surface area contributed by atoms with Gasteiger partial charge in [0.05, 0.1) is 0 Å². The molecule has 1 aromatic rings. The van der Waals surface area contributed by atoms with Crippen LogP contribution in [0, 0.1) is 11.8 Å². The smallest absolute Gasteiger partial charge is 0.0470 e. The summed E-state index contributed by atoms with van der Waals surface area (Å²) in [6.45, 7) is 12.0. The van der Waals surface area contributed by atoms with Gasteiger partial charge in [0.1, 0.15) is 0 Å². The Labute approximate surface area is 129 Å². The van der Waals surface area contributed by atoms with Gasteiger partial charge in [-0.1, -0.05) is 39.8 Å². The summed E-state index contributed by atoms with van der Waals surface area (Å²) in [4.78, 5) is 3.85. The van der Waals surface area contributed by atoms with Gasteiger partial charge in [-0.25, -0.2) is 0 Å². The zero-order chi connectivity index (χ0) is 15.1. The van der Waals surface area contributed by atoms with E-state index in [1.165, 1.54) is 10.5 Å². The lowest BCUT2D eigenvalue weighted by Gasteiger charge is -2.34. The molecule has 0 saturated carbocycles. The van der Waals surface area contributed by atoms with Crippen molar-refractivity contribution < 1.29 is 0 Å². The zero-order valence-electron chi connectivity index (χ0n) is 13.6. The second kappa shape index (κ2) is 8.71. The van der Waals surface area contributed by atoms with E-state index in [9.17, 15) is 0 Å². The van der Waals surface area contributed by atoms with Gasteiger partial charge in [-0.3, -0.25) is 4.90 Å². The van der Waals surface area contributed by atoms with Gasteiger partial charge in [0.25, 0.3) is 0 Å². The molecule has 20 heavy (non-hydrogen) atoms. The van der Waals surface area contributed by atoms with E-state index in [0.29, 0.717) is 24.4 Å². The van der Waals surface area contributed by atoms with Gasteiger partial charge in [-0.05, 0) is 35.8 Å². The minimum Gasteiger partial charge on any atom is -0.329 e. The van der Waals surface area contributed by atoms with Crippen molar-refractivity contribution in [3.8, 4) is 0 Å². The molecule has 0 spiro atoms. The van der Waals surface area contributed by atoms with Crippen LogP contribution in [0.15, 0.2) is 29.2 Å². The van der Waals surface area contributed by atoms with E-state index in [1.54, 1.807) is 11.8 Å². The molecule has 0 aliphatic rings. The normalized spacial score (nSPS) is 13.4. The van der Waals surface area contributed by atoms with Crippen LogP contribution in [0.2, 0.25) is 0 Å². The number of benzene rings is 1. The van der Waals surface area contributed by atoms with Gasteiger partial charge in [0, 0.05) is 30.6 Å². The third-order valence-electron chi connectivity index (χ3n) is 3.36. The van der Waals surface area contributed by atoms with Crippen LogP contribution in [0.25, 0.3) is 0 Å². The highest BCUT2D eigenvalue weighted by Crippen LogP contribution is 2.24. The van der Waals surface area contributed by atoms with Crippen molar-refractivity contribution in [2.24, 2.45) is 17.6 Å². The number of thioether (sulfide) groups is 1. The molecule has 2 nitrogen and oxygen atoms in total. The van der Waals surface area contributed by atoms with Crippen molar-refractivity contribution in [3.63, 3.8) is 0 Å². The Bertz CT molecular complexity index is 363. The van der Waals surface area contributed by atoms with E-state index in [1.807, 2.05) is 0 Å². The van der Waals surface area contributed by atoms with Crippen molar-refractivity contribution in [1.29, 1.82) is 0 Å². The zero-order valence-corrected chi connectivity index (χ0v) is 14.4. The van der Waals surface area contributed by atoms with Crippen molar-refractivity contribution in [3.05, 3.63) is 29.8 Å². The molecule has 1 atom stereocenters. The third kappa shape index (κ3) is 5.47. The van der Waals surface area contributed by atoms with Crippen molar-refractivity contribution in [1.82, 2.24) is 4.90 Å². The molecular weight excluding hydrogens is 264 g/mol. The molecule has 0 aliphatic carbocycles. The van der Waals surface area contributed by atoms with E-state index in [-0.39, 0.29) is 0 Å². The Morgan fingerprint density at radius 1 is 1.00 bits per heavy atom. The summed E-state index contributed by atoms with van der Waals surface area (Å²) in [7, 11) is 0. The maximum absolute atomic E-state index is 6.08. The lowest BCUT2D eigenvalue weighted by atomic mass is 10.0. The summed E-state index contributed by atoms with van der Waals surface area (Å²) < 4.78 is 0. The fourth-order valence-corrected chi connectivity index (χ4v) is 3.00. The van der Waals surface area contributed by atoms with E-state index < -0.39 is 0 Å². The summed E-state index contributed by atoms with van der Waals surface area (Å²) in [5, 5.41) is 0. The highest BCUT2D eigenvalue weighted by Gasteiger charge is 2.20. The Hall–Kier alpha value is -0.510. The molecule has 0 aliphatic heterocycles. The summed E-state index contributed by atoms with van der Waals surface area (Å²) in [6.07, 6.45) is 2.11. The molecule has 1 rings (SSSR count). The van der Waals surface area contributed by atoms with Crippen LogP contribution in [0.1, 0.15) is 39.3 Å². The van der Waals surface area contributed by atoms with Crippen LogP contribution in [0.5, 0.6) is 0 Å². The number of hydrogen-bond acceptors (Lipinski definition) is 3. The van der Waals surface area contributed by atoms with Crippen LogP contribution in [0.4, 0.5) is 0 Å². The second-order valence-corrected chi connectivity index (χ2v) is 7.15. The Morgan fingerprint density at radius 3 is 1.85 bits per heavy atom. The number of nitrogens with two attached hydrogens (primary N) is 1. The predicted octanol–water partition coefficient (Wildman–Crippen LogP) is 4.02. The Morgan fingerprint density at radius 2 is 1.50 bits per heavy atom. The van der Waals surface area contributed by atoms with Crippen molar-refractivity contribution >= 4 is 11.8 Å². The fourth-order valence-electron chi connectivity index (χ4n) is 2.59. The SMILES string of the molecule is CSc1ccc(C(CN)N(CC(C)C)CC(C)C)cc1. The first kappa shape index (κ1) is 17.5. The molecule has 0 radical (unpaired) electrons. The quantitative estimate of drug-likeness (QED) is 0.734. The maximum atomic E-state index is 6.08. The summed E-state index contributed by atoms with van der Waals surface area (Å²) in [5.74, 6) is 1.32. The topological polar surface area (TPSA) is 29.3 Å². The van der Waals surface area contributed by atoms with Crippen molar-refractivity contribution in [2.75, 3.05) is 25.9 Å². The van der Waals surface area contributed by atoms with E-state index in [2.05, 4.69) is 63.1 Å². The molecule has 1 unspecified atom stereocenters. The highest BCUT2D eigenvalue weighted by atomic mass is 32.2. The van der Waals surface area contributed by atoms with Gasteiger partial charge in [0.2, 0.25) is 0 Å². The summed E-state index contributed by atoms with van der Waals surface area (Å²) in [6, 6.07) is 9.20. The molecule has 0 bridgehead atoms. The maximum Gasteiger partial charge on any atom is 0.0470 e. The summed E-state index contributed by atoms with van der Waals surface area (Å²) in [5.41, 5.74) is 7.42. The predicted molar refractivity (Wildman–Crippen MR) is 91.3 cm³/mol. The van der Waals surface area contributed by atoms with Gasteiger partial charge in [0.15, 0.2) is 0 Å². The number of nitrogens with zero attached hydrogens (tertiary/aromatic N) is 1. The minimum atomic E-state index is 0.329. The highest BCUT2D eigenvalue weighted by molar-refractivity contribution is 7.98. The van der Waals surface area contributed by atoms with Gasteiger partial charge >= 0.3 is 0 Å². The first-order chi connectivity index (χ1) is 9.47. The van der Waals surface area contributed by atoms with Crippen LogP contribution in [0.3, 0.4) is 0 Å². The molecule has 0 amide bonds. The lowest BCUT2D eigenvalue weighted by Crippen LogP contribution is -2.38. The average molecular weight is 295 g/mol. The molecular formula is C17H30N2S. The van der Waals surface area contributed by atoms with E-state index in [0.717, 1.165) is 13.1 Å². The monoisotopic (exact) mass is 294 g/mol. The first-order valence-corrected chi connectivity index (χ1v) is 8.78. The average Bonchev–Trinajstić information content (AvgIpc) is 2.39. The third-order valence-corrected chi connectivity index (χ3v) is 4.11. The standard InChI is InChI=1S/C17H30N2S/c1-13(2)11-19(12-14(3)4)17(10-18)15-6-8-16(20-5)9-7-15/h6-9,13-14,17H,10-12,18H2,1-5H3. The van der Waals surface area contributed by atoms with Crippen LogP contribution in [-0.4, -0.2) is 30.8 Å². The van der Waals surface area contributed by atoms with Crippen LogP contribution >= 0.6 is 11.8 Å².